The summed E-state index contributed by atoms with van der Waals surface area (Å²) in [6, 6.07) is 3.91. The molecular formula is C11H13FO4. The van der Waals surface area contributed by atoms with E-state index in [4.69, 9.17) is 9.84 Å². The second-order valence-electron chi connectivity index (χ2n) is 3.46. The van der Waals surface area contributed by atoms with E-state index in [1.807, 2.05) is 0 Å². The quantitative estimate of drug-likeness (QED) is 0.823. The van der Waals surface area contributed by atoms with Gasteiger partial charge in [0.05, 0.1) is 6.10 Å². The molecule has 0 amide bonds. The van der Waals surface area contributed by atoms with E-state index in [2.05, 4.69) is 0 Å². The lowest BCUT2D eigenvalue weighted by Crippen LogP contribution is -2.23. The molecule has 0 aliphatic carbocycles. The largest absolute Gasteiger partial charge is 0.479 e. The van der Waals surface area contributed by atoms with E-state index < -0.39 is 24.0 Å². The van der Waals surface area contributed by atoms with Crippen LogP contribution in [-0.4, -0.2) is 22.3 Å². The van der Waals surface area contributed by atoms with E-state index >= 15 is 0 Å². The molecule has 0 aliphatic rings. The minimum atomic E-state index is -1.17. The minimum absolute atomic E-state index is 0.140. The zero-order valence-electron chi connectivity index (χ0n) is 8.98. The fourth-order valence-corrected chi connectivity index (χ4v) is 1.11. The number of aliphatic hydroxyl groups is 1. The summed E-state index contributed by atoms with van der Waals surface area (Å²) in [7, 11) is 0. The molecule has 16 heavy (non-hydrogen) atoms. The third kappa shape index (κ3) is 2.93. The van der Waals surface area contributed by atoms with Crippen LogP contribution in [0.15, 0.2) is 18.2 Å². The summed E-state index contributed by atoms with van der Waals surface area (Å²) in [5, 5.41) is 17.8. The van der Waals surface area contributed by atoms with Gasteiger partial charge in [0.1, 0.15) is 0 Å². The van der Waals surface area contributed by atoms with Crippen LogP contribution in [0.5, 0.6) is 5.75 Å². The van der Waals surface area contributed by atoms with E-state index in [9.17, 15) is 14.3 Å². The Bertz CT molecular complexity index is 390. The Morgan fingerprint density at radius 2 is 2.06 bits per heavy atom. The van der Waals surface area contributed by atoms with Gasteiger partial charge in [0.25, 0.3) is 0 Å². The van der Waals surface area contributed by atoms with Gasteiger partial charge in [-0.2, -0.15) is 0 Å². The number of ether oxygens (including phenoxy) is 1. The number of hydrogen-bond acceptors (Lipinski definition) is 3. The summed E-state index contributed by atoms with van der Waals surface area (Å²) < 4.78 is 18.3. The van der Waals surface area contributed by atoms with E-state index in [1.165, 1.54) is 26.0 Å². The molecule has 0 saturated heterocycles. The van der Waals surface area contributed by atoms with Gasteiger partial charge in [-0.3, -0.25) is 0 Å². The van der Waals surface area contributed by atoms with Crippen LogP contribution in [0.3, 0.4) is 0 Å². The molecule has 0 fully saturated rings. The van der Waals surface area contributed by atoms with Gasteiger partial charge in [0, 0.05) is 0 Å². The molecule has 0 heterocycles. The Kier molecular flexibility index (Phi) is 3.84. The van der Waals surface area contributed by atoms with Crippen molar-refractivity contribution in [3.63, 3.8) is 0 Å². The smallest absolute Gasteiger partial charge is 0.344 e. The number of rotatable bonds is 4. The van der Waals surface area contributed by atoms with Gasteiger partial charge in [-0.15, -0.1) is 0 Å². The predicted molar refractivity (Wildman–Crippen MR) is 54.8 cm³/mol. The van der Waals surface area contributed by atoms with E-state index in [1.54, 1.807) is 0 Å². The van der Waals surface area contributed by atoms with Crippen LogP contribution >= 0.6 is 0 Å². The molecule has 1 aromatic rings. The highest BCUT2D eigenvalue weighted by molar-refractivity contribution is 5.72. The van der Waals surface area contributed by atoms with Crippen LogP contribution in [0.1, 0.15) is 25.5 Å². The van der Waals surface area contributed by atoms with E-state index in [-0.39, 0.29) is 5.75 Å². The molecule has 0 aliphatic heterocycles. The van der Waals surface area contributed by atoms with Gasteiger partial charge in [0.2, 0.25) is 0 Å². The van der Waals surface area contributed by atoms with Crippen LogP contribution in [0.2, 0.25) is 0 Å². The molecule has 5 heteroatoms. The molecule has 0 radical (unpaired) electrons. The van der Waals surface area contributed by atoms with Crippen LogP contribution in [0, 0.1) is 5.82 Å². The molecule has 2 N–H and O–H groups in total. The average molecular weight is 228 g/mol. The molecule has 0 spiro atoms. The van der Waals surface area contributed by atoms with Crippen molar-refractivity contribution in [2.75, 3.05) is 0 Å². The number of benzene rings is 1. The van der Waals surface area contributed by atoms with Crippen LogP contribution in [-0.2, 0) is 4.79 Å². The van der Waals surface area contributed by atoms with Crippen LogP contribution in [0.4, 0.5) is 4.39 Å². The lowest BCUT2D eigenvalue weighted by molar-refractivity contribution is -0.144. The van der Waals surface area contributed by atoms with Crippen molar-refractivity contribution < 1.29 is 24.1 Å². The maximum absolute atomic E-state index is 13.4. The molecule has 1 aromatic carbocycles. The van der Waals surface area contributed by atoms with Gasteiger partial charge in [-0.1, -0.05) is 6.07 Å². The molecule has 4 nitrogen and oxygen atoms in total. The molecular weight excluding hydrogens is 215 g/mol. The maximum Gasteiger partial charge on any atom is 0.344 e. The number of aliphatic carboxylic acids is 1. The lowest BCUT2D eigenvalue weighted by Gasteiger charge is -2.12. The maximum atomic E-state index is 13.4. The molecule has 88 valence electrons. The standard InChI is InChI=1S/C11H13FO4/c1-6(13)8-3-4-10(9(12)5-8)16-7(2)11(14)15/h3-7,13H,1-2H3,(H,14,15)/t6-,7?/m1/s1. The highest BCUT2D eigenvalue weighted by atomic mass is 19.1. The van der Waals surface area contributed by atoms with E-state index in [0.29, 0.717) is 5.56 Å². The first kappa shape index (κ1) is 12.4. The Morgan fingerprint density at radius 1 is 1.44 bits per heavy atom. The molecule has 0 aromatic heterocycles. The second kappa shape index (κ2) is 4.94. The summed E-state index contributed by atoms with van der Waals surface area (Å²) in [6.07, 6.45) is -1.90. The zero-order valence-corrected chi connectivity index (χ0v) is 8.98. The van der Waals surface area contributed by atoms with E-state index in [0.717, 1.165) is 6.07 Å². The van der Waals surface area contributed by atoms with Gasteiger partial charge >= 0.3 is 5.97 Å². The molecule has 0 saturated carbocycles. The number of carboxylic acid groups (broad SMARTS) is 1. The third-order valence-electron chi connectivity index (χ3n) is 2.09. The summed E-state index contributed by atoms with van der Waals surface area (Å²) in [6.45, 7) is 2.82. The first-order chi connectivity index (χ1) is 7.41. The van der Waals surface area contributed by atoms with Crippen LogP contribution < -0.4 is 4.74 Å². The Hall–Kier alpha value is -1.62. The highest BCUT2D eigenvalue weighted by Crippen LogP contribution is 2.22. The SMILES string of the molecule is CC(Oc1ccc([C@@H](C)O)cc1F)C(=O)O. The molecule has 1 unspecified atom stereocenters. The van der Waals surface area contributed by atoms with Crippen molar-refractivity contribution in [3.05, 3.63) is 29.6 Å². The number of hydrogen-bond donors (Lipinski definition) is 2. The predicted octanol–water partition coefficient (Wildman–Crippen LogP) is 1.73. The van der Waals surface area contributed by atoms with Gasteiger partial charge in [-0.25, -0.2) is 9.18 Å². The highest BCUT2D eigenvalue weighted by Gasteiger charge is 2.15. The van der Waals surface area contributed by atoms with Crippen LogP contribution in [0.25, 0.3) is 0 Å². The summed E-state index contributed by atoms with van der Waals surface area (Å²) in [5.41, 5.74) is 0.410. The average Bonchev–Trinajstić information content (AvgIpc) is 2.20. The Balaban J connectivity index is 2.87. The Morgan fingerprint density at radius 3 is 2.50 bits per heavy atom. The summed E-state index contributed by atoms with van der Waals surface area (Å²) >= 11 is 0. The first-order valence-electron chi connectivity index (χ1n) is 4.78. The monoisotopic (exact) mass is 228 g/mol. The number of carbonyl (C=O) groups is 1. The summed E-state index contributed by atoms with van der Waals surface area (Å²) in [5.74, 6) is -2.00. The fourth-order valence-electron chi connectivity index (χ4n) is 1.11. The topological polar surface area (TPSA) is 66.8 Å². The van der Waals surface area contributed by atoms with Gasteiger partial charge in [-0.05, 0) is 31.5 Å². The van der Waals surface area contributed by atoms with Crippen molar-refractivity contribution in [2.24, 2.45) is 0 Å². The zero-order chi connectivity index (χ0) is 12.3. The minimum Gasteiger partial charge on any atom is -0.479 e. The Labute approximate surface area is 92.3 Å². The fraction of sp³-hybridized carbons (Fsp3) is 0.364. The normalized spacial score (nSPS) is 14.2. The van der Waals surface area contributed by atoms with Gasteiger partial charge in [0.15, 0.2) is 17.7 Å². The third-order valence-corrected chi connectivity index (χ3v) is 2.09. The summed E-state index contributed by atoms with van der Waals surface area (Å²) in [4.78, 5) is 10.5. The lowest BCUT2D eigenvalue weighted by atomic mass is 10.1. The number of aliphatic hydroxyl groups excluding tert-OH is 1. The van der Waals surface area contributed by atoms with Crippen molar-refractivity contribution in [2.45, 2.75) is 26.1 Å². The molecule has 2 atom stereocenters. The number of halogens is 1. The van der Waals surface area contributed by atoms with Gasteiger partial charge < -0.3 is 14.9 Å². The molecule has 1 rings (SSSR count). The molecule has 0 bridgehead atoms. The number of carboxylic acids is 1. The van der Waals surface area contributed by atoms with Crippen molar-refractivity contribution in [1.29, 1.82) is 0 Å². The first-order valence-corrected chi connectivity index (χ1v) is 4.78. The van der Waals surface area contributed by atoms with Crippen molar-refractivity contribution in [3.8, 4) is 5.75 Å². The second-order valence-corrected chi connectivity index (χ2v) is 3.46. The van der Waals surface area contributed by atoms with Crippen molar-refractivity contribution in [1.82, 2.24) is 0 Å². The van der Waals surface area contributed by atoms with Crippen molar-refractivity contribution >= 4 is 5.97 Å².